The van der Waals surface area contributed by atoms with E-state index < -0.39 is 0 Å². The minimum Gasteiger partial charge on any atom is -0.371 e. The van der Waals surface area contributed by atoms with Gasteiger partial charge < -0.3 is 9.80 Å². The molecule has 2 heterocycles. The Balaban J connectivity index is 1.66. The average Bonchev–Trinajstić information content (AvgIpc) is 2.84. The van der Waals surface area contributed by atoms with Gasteiger partial charge in [0.05, 0.1) is 0 Å². The van der Waals surface area contributed by atoms with Crippen molar-refractivity contribution in [2.45, 2.75) is 45.6 Å². The first kappa shape index (κ1) is 15.7. The molecule has 2 saturated heterocycles. The van der Waals surface area contributed by atoms with Crippen LogP contribution in [0.2, 0.25) is 0 Å². The third-order valence-corrected chi connectivity index (χ3v) is 5.21. The molecule has 0 aromatic heterocycles. The maximum atomic E-state index is 2.58. The van der Waals surface area contributed by atoms with E-state index in [-0.39, 0.29) is 0 Å². The lowest BCUT2D eigenvalue weighted by Gasteiger charge is -2.38. The molecule has 0 radical (unpaired) electrons. The highest BCUT2D eigenvalue weighted by molar-refractivity contribution is 5.59. The maximum absolute atomic E-state index is 2.58. The Hall–Kier alpha value is -1.22. The highest BCUT2D eigenvalue weighted by atomic mass is 15.3. The molecule has 3 heteroatoms. The van der Waals surface area contributed by atoms with Crippen molar-refractivity contribution in [3.63, 3.8) is 0 Å². The van der Waals surface area contributed by atoms with Crippen molar-refractivity contribution in [2.24, 2.45) is 0 Å². The van der Waals surface area contributed by atoms with Gasteiger partial charge in [0.2, 0.25) is 0 Å². The van der Waals surface area contributed by atoms with Gasteiger partial charge in [-0.2, -0.15) is 0 Å². The smallest absolute Gasteiger partial charge is 0.0387 e. The highest BCUT2D eigenvalue weighted by Gasteiger charge is 2.19. The van der Waals surface area contributed by atoms with Crippen LogP contribution in [-0.2, 0) is 0 Å². The predicted octanol–water partition coefficient (Wildman–Crippen LogP) is 3.60. The molecule has 0 spiro atoms. The fraction of sp³-hybridized carbons (Fsp3) is 0.684. The summed E-state index contributed by atoms with van der Waals surface area (Å²) < 4.78 is 0. The number of piperazine rings is 1. The molecule has 3 nitrogen and oxygen atoms in total. The molecule has 0 amide bonds. The molecule has 22 heavy (non-hydrogen) atoms. The summed E-state index contributed by atoms with van der Waals surface area (Å²) in [6.07, 6.45) is 5.48. The van der Waals surface area contributed by atoms with Crippen LogP contribution < -0.4 is 9.80 Å². The van der Waals surface area contributed by atoms with Crippen molar-refractivity contribution in [3.8, 4) is 0 Å². The Morgan fingerprint density at radius 3 is 1.82 bits per heavy atom. The van der Waals surface area contributed by atoms with E-state index in [1.54, 1.807) is 0 Å². The van der Waals surface area contributed by atoms with Crippen molar-refractivity contribution in [1.29, 1.82) is 0 Å². The number of benzene rings is 1. The van der Waals surface area contributed by atoms with Gasteiger partial charge in [-0.25, -0.2) is 0 Å². The van der Waals surface area contributed by atoms with Gasteiger partial charge in [0.25, 0.3) is 0 Å². The minimum atomic E-state index is 0.672. The van der Waals surface area contributed by atoms with Gasteiger partial charge in [0, 0.05) is 56.7 Å². The number of hydrogen-bond donors (Lipinski definition) is 0. The first-order chi connectivity index (χ1) is 10.7. The maximum Gasteiger partial charge on any atom is 0.0387 e. The van der Waals surface area contributed by atoms with Gasteiger partial charge in [-0.05, 0) is 44.9 Å². The van der Waals surface area contributed by atoms with Crippen molar-refractivity contribution in [2.75, 3.05) is 49.1 Å². The molecule has 3 rings (SSSR count). The molecular weight excluding hydrogens is 270 g/mol. The van der Waals surface area contributed by atoms with Crippen LogP contribution in [0.15, 0.2) is 24.3 Å². The highest BCUT2D eigenvalue weighted by Crippen LogP contribution is 2.25. The monoisotopic (exact) mass is 301 g/mol. The van der Waals surface area contributed by atoms with Crippen LogP contribution >= 0.6 is 0 Å². The molecule has 122 valence electrons. The lowest BCUT2D eigenvalue weighted by atomic mass is 10.2. The van der Waals surface area contributed by atoms with Crippen LogP contribution in [0.4, 0.5) is 11.4 Å². The quantitative estimate of drug-likeness (QED) is 0.844. The molecule has 0 atom stereocenters. The van der Waals surface area contributed by atoms with Gasteiger partial charge in [0.1, 0.15) is 0 Å². The van der Waals surface area contributed by atoms with Crippen LogP contribution in [0.25, 0.3) is 0 Å². The summed E-state index contributed by atoms with van der Waals surface area (Å²) in [5.74, 6) is 0. The van der Waals surface area contributed by atoms with E-state index in [1.807, 2.05) is 0 Å². The molecule has 2 aliphatic heterocycles. The van der Waals surface area contributed by atoms with Crippen LogP contribution in [-0.4, -0.2) is 50.2 Å². The van der Waals surface area contributed by atoms with E-state index in [0.717, 1.165) is 13.1 Å². The zero-order chi connectivity index (χ0) is 15.4. The zero-order valence-corrected chi connectivity index (χ0v) is 14.3. The molecule has 0 unspecified atom stereocenters. The second-order valence-electron chi connectivity index (χ2n) is 7.04. The number of hydrogen-bond acceptors (Lipinski definition) is 3. The number of nitrogens with zero attached hydrogens (tertiary/aromatic N) is 3. The Labute approximate surface area is 135 Å². The fourth-order valence-corrected chi connectivity index (χ4v) is 3.71. The summed E-state index contributed by atoms with van der Waals surface area (Å²) in [4.78, 5) is 7.72. The summed E-state index contributed by atoms with van der Waals surface area (Å²) in [5, 5.41) is 0. The summed E-state index contributed by atoms with van der Waals surface area (Å²) >= 11 is 0. The fourth-order valence-electron chi connectivity index (χ4n) is 3.71. The van der Waals surface area contributed by atoms with E-state index in [2.05, 4.69) is 52.8 Å². The average molecular weight is 301 g/mol. The molecule has 1 aromatic rings. The Kier molecular flexibility index (Phi) is 5.24. The zero-order valence-electron chi connectivity index (χ0n) is 14.3. The largest absolute Gasteiger partial charge is 0.371 e. The van der Waals surface area contributed by atoms with Gasteiger partial charge in [-0.1, -0.05) is 18.9 Å². The van der Waals surface area contributed by atoms with Gasteiger partial charge in [0.15, 0.2) is 0 Å². The lowest BCUT2D eigenvalue weighted by Crippen LogP contribution is -2.48. The molecule has 0 aliphatic carbocycles. The van der Waals surface area contributed by atoms with Crippen LogP contribution in [0.5, 0.6) is 0 Å². The Morgan fingerprint density at radius 1 is 0.727 bits per heavy atom. The first-order valence-corrected chi connectivity index (χ1v) is 9.08. The van der Waals surface area contributed by atoms with E-state index in [4.69, 9.17) is 0 Å². The molecule has 2 fully saturated rings. The molecular formula is C19H31N3. The SMILES string of the molecule is CC(C)N1CCN(c2cccc(N3CCCCCC3)c2)CC1. The number of rotatable bonds is 3. The summed E-state index contributed by atoms with van der Waals surface area (Å²) in [5.41, 5.74) is 2.83. The van der Waals surface area contributed by atoms with Gasteiger partial charge in [-0.15, -0.1) is 0 Å². The Bertz CT molecular complexity index is 456. The molecule has 2 aliphatic rings. The van der Waals surface area contributed by atoms with Crippen LogP contribution in [0.3, 0.4) is 0 Å². The van der Waals surface area contributed by atoms with Gasteiger partial charge in [-0.3, -0.25) is 4.90 Å². The number of anilines is 2. The second-order valence-corrected chi connectivity index (χ2v) is 7.04. The van der Waals surface area contributed by atoms with Crippen molar-refractivity contribution < 1.29 is 0 Å². The summed E-state index contributed by atoms with van der Waals surface area (Å²) in [7, 11) is 0. The summed E-state index contributed by atoms with van der Waals surface area (Å²) in [6.45, 7) is 11.7. The Morgan fingerprint density at radius 2 is 1.27 bits per heavy atom. The first-order valence-electron chi connectivity index (χ1n) is 9.08. The topological polar surface area (TPSA) is 9.72 Å². The molecule has 0 saturated carbocycles. The normalized spacial score (nSPS) is 21.2. The minimum absolute atomic E-state index is 0.672. The molecule has 1 aromatic carbocycles. The van der Waals surface area contributed by atoms with Gasteiger partial charge >= 0.3 is 0 Å². The predicted molar refractivity (Wildman–Crippen MR) is 96.0 cm³/mol. The molecule has 0 N–H and O–H groups in total. The van der Waals surface area contributed by atoms with E-state index >= 15 is 0 Å². The lowest BCUT2D eigenvalue weighted by molar-refractivity contribution is 0.209. The second kappa shape index (κ2) is 7.36. The van der Waals surface area contributed by atoms with E-state index in [1.165, 1.54) is 63.2 Å². The summed E-state index contributed by atoms with van der Waals surface area (Å²) in [6, 6.07) is 9.90. The third-order valence-electron chi connectivity index (χ3n) is 5.21. The van der Waals surface area contributed by atoms with E-state index in [0.29, 0.717) is 6.04 Å². The third kappa shape index (κ3) is 3.75. The van der Waals surface area contributed by atoms with Crippen LogP contribution in [0, 0.1) is 0 Å². The standard InChI is InChI=1S/C19H31N3/c1-17(2)20-12-14-22(15-13-20)19-9-7-8-18(16-19)21-10-5-3-4-6-11-21/h7-9,16-17H,3-6,10-15H2,1-2H3. The van der Waals surface area contributed by atoms with Crippen molar-refractivity contribution in [1.82, 2.24) is 4.90 Å². The van der Waals surface area contributed by atoms with Crippen molar-refractivity contribution >= 4 is 11.4 Å². The van der Waals surface area contributed by atoms with Crippen LogP contribution in [0.1, 0.15) is 39.5 Å². The van der Waals surface area contributed by atoms with E-state index in [9.17, 15) is 0 Å². The van der Waals surface area contributed by atoms with Crippen molar-refractivity contribution in [3.05, 3.63) is 24.3 Å². The molecule has 0 bridgehead atoms.